The average molecular weight is 318 g/mol. The van der Waals surface area contributed by atoms with Crippen LogP contribution in [0.1, 0.15) is 26.7 Å². The fourth-order valence-corrected chi connectivity index (χ4v) is 1.94. The lowest BCUT2D eigenvalue weighted by Gasteiger charge is -2.12. The van der Waals surface area contributed by atoms with Gasteiger partial charge in [0.05, 0.1) is 12.2 Å². The van der Waals surface area contributed by atoms with E-state index in [1.165, 1.54) is 12.8 Å². The molecule has 0 aromatic heterocycles. The second kappa shape index (κ2) is 4.60. The van der Waals surface area contributed by atoms with Gasteiger partial charge < -0.3 is 9.47 Å². The van der Waals surface area contributed by atoms with Crippen molar-refractivity contribution >= 4 is 22.6 Å². The zero-order chi connectivity index (χ0) is 10.8. The minimum absolute atomic E-state index is 0.206. The van der Waals surface area contributed by atoms with E-state index in [0.29, 0.717) is 6.10 Å². The number of benzene rings is 1. The van der Waals surface area contributed by atoms with Crippen LogP contribution in [-0.4, -0.2) is 12.2 Å². The zero-order valence-corrected chi connectivity index (χ0v) is 11.2. The van der Waals surface area contributed by atoms with E-state index in [0.717, 1.165) is 15.1 Å². The first-order chi connectivity index (χ1) is 7.13. The van der Waals surface area contributed by atoms with Crippen LogP contribution >= 0.6 is 22.6 Å². The van der Waals surface area contributed by atoms with Gasteiger partial charge in [-0.05, 0) is 61.4 Å². The van der Waals surface area contributed by atoms with Gasteiger partial charge >= 0.3 is 0 Å². The normalized spacial score (nSPS) is 15.5. The summed E-state index contributed by atoms with van der Waals surface area (Å²) >= 11 is 2.28. The Morgan fingerprint density at radius 3 is 2.47 bits per heavy atom. The van der Waals surface area contributed by atoms with Crippen molar-refractivity contribution in [2.24, 2.45) is 0 Å². The highest BCUT2D eigenvalue weighted by atomic mass is 127. The van der Waals surface area contributed by atoms with Crippen LogP contribution in [0.5, 0.6) is 11.5 Å². The van der Waals surface area contributed by atoms with Crippen LogP contribution < -0.4 is 9.47 Å². The van der Waals surface area contributed by atoms with E-state index in [9.17, 15) is 0 Å². The van der Waals surface area contributed by atoms with Crippen molar-refractivity contribution in [2.45, 2.75) is 38.9 Å². The monoisotopic (exact) mass is 318 g/mol. The zero-order valence-electron chi connectivity index (χ0n) is 9.00. The molecule has 1 fully saturated rings. The van der Waals surface area contributed by atoms with Gasteiger partial charge in [0.2, 0.25) is 0 Å². The molecule has 2 rings (SSSR count). The smallest absolute Gasteiger partial charge is 0.124 e. The maximum absolute atomic E-state index is 5.74. The highest BCUT2D eigenvalue weighted by molar-refractivity contribution is 14.1. The number of hydrogen-bond donors (Lipinski definition) is 0. The van der Waals surface area contributed by atoms with E-state index in [1.54, 1.807) is 0 Å². The van der Waals surface area contributed by atoms with Gasteiger partial charge in [-0.3, -0.25) is 0 Å². The van der Waals surface area contributed by atoms with Gasteiger partial charge in [-0.15, -0.1) is 0 Å². The van der Waals surface area contributed by atoms with Gasteiger partial charge in [0.25, 0.3) is 0 Å². The van der Waals surface area contributed by atoms with Crippen LogP contribution in [0.25, 0.3) is 0 Å². The van der Waals surface area contributed by atoms with Crippen molar-refractivity contribution in [2.75, 3.05) is 0 Å². The number of rotatable bonds is 4. The van der Waals surface area contributed by atoms with Crippen molar-refractivity contribution in [1.29, 1.82) is 0 Å². The molecule has 1 aliphatic rings. The number of ether oxygens (including phenoxy) is 2. The Hall–Kier alpha value is -0.450. The van der Waals surface area contributed by atoms with Gasteiger partial charge in [0.1, 0.15) is 11.5 Å². The van der Waals surface area contributed by atoms with Gasteiger partial charge in [0.15, 0.2) is 0 Å². The van der Waals surface area contributed by atoms with Gasteiger partial charge in [-0.2, -0.15) is 0 Å². The lowest BCUT2D eigenvalue weighted by atomic mass is 10.3. The fraction of sp³-hybridized carbons (Fsp3) is 0.500. The van der Waals surface area contributed by atoms with E-state index in [4.69, 9.17) is 9.47 Å². The van der Waals surface area contributed by atoms with Crippen LogP contribution in [-0.2, 0) is 0 Å². The van der Waals surface area contributed by atoms with Gasteiger partial charge in [0, 0.05) is 9.64 Å². The van der Waals surface area contributed by atoms with Crippen LogP contribution in [0.4, 0.5) is 0 Å². The quantitative estimate of drug-likeness (QED) is 0.790. The Kier molecular flexibility index (Phi) is 3.38. The van der Waals surface area contributed by atoms with Crippen molar-refractivity contribution in [3.8, 4) is 11.5 Å². The Morgan fingerprint density at radius 1 is 1.20 bits per heavy atom. The molecule has 1 aromatic carbocycles. The molecule has 0 saturated heterocycles. The Bertz CT molecular complexity index is 323. The molecule has 3 heteroatoms. The molecule has 1 aromatic rings. The molecular formula is C12H15IO2. The molecule has 82 valence electrons. The second-order valence-electron chi connectivity index (χ2n) is 4.11. The van der Waals surface area contributed by atoms with Crippen molar-refractivity contribution in [3.05, 3.63) is 21.8 Å². The number of halogens is 1. The molecule has 0 bridgehead atoms. The summed E-state index contributed by atoms with van der Waals surface area (Å²) in [5.74, 6) is 1.83. The van der Waals surface area contributed by atoms with E-state index >= 15 is 0 Å². The Balaban J connectivity index is 2.11. The summed E-state index contributed by atoms with van der Waals surface area (Å²) in [6, 6.07) is 6.05. The molecule has 0 spiro atoms. The molecule has 1 saturated carbocycles. The predicted molar refractivity (Wildman–Crippen MR) is 68.6 cm³/mol. The third-order valence-corrected chi connectivity index (χ3v) is 2.67. The van der Waals surface area contributed by atoms with Crippen molar-refractivity contribution in [1.82, 2.24) is 0 Å². The van der Waals surface area contributed by atoms with E-state index in [1.807, 2.05) is 32.0 Å². The largest absolute Gasteiger partial charge is 0.491 e. The van der Waals surface area contributed by atoms with Crippen molar-refractivity contribution < 1.29 is 9.47 Å². The molecule has 0 aliphatic heterocycles. The molecule has 2 nitrogen and oxygen atoms in total. The Morgan fingerprint density at radius 2 is 1.87 bits per heavy atom. The molecule has 0 radical (unpaired) electrons. The maximum atomic E-state index is 5.74. The van der Waals surface area contributed by atoms with Gasteiger partial charge in [-0.25, -0.2) is 0 Å². The molecule has 0 unspecified atom stereocenters. The third kappa shape index (κ3) is 3.55. The summed E-state index contributed by atoms with van der Waals surface area (Å²) in [4.78, 5) is 0. The van der Waals surface area contributed by atoms with Crippen LogP contribution in [0.15, 0.2) is 18.2 Å². The summed E-state index contributed by atoms with van der Waals surface area (Å²) in [5, 5.41) is 0. The SMILES string of the molecule is CC(C)Oc1cc(I)cc(OC2CC2)c1. The number of hydrogen-bond acceptors (Lipinski definition) is 2. The topological polar surface area (TPSA) is 18.5 Å². The van der Waals surface area contributed by atoms with Crippen LogP contribution in [0, 0.1) is 3.57 Å². The predicted octanol–water partition coefficient (Wildman–Crippen LogP) is 3.62. The van der Waals surface area contributed by atoms with E-state index < -0.39 is 0 Å². The van der Waals surface area contributed by atoms with E-state index in [2.05, 4.69) is 22.6 Å². The minimum atomic E-state index is 0.206. The summed E-state index contributed by atoms with van der Waals surface area (Å²) in [5.41, 5.74) is 0. The first kappa shape index (κ1) is 11.0. The molecule has 0 atom stereocenters. The molecule has 0 amide bonds. The highest BCUT2D eigenvalue weighted by Gasteiger charge is 2.23. The second-order valence-corrected chi connectivity index (χ2v) is 5.35. The average Bonchev–Trinajstić information content (AvgIpc) is 2.85. The third-order valence-electron chi connectivity index (χ3n) is 2.04. The van der Waals surface area contributed by atoms with Crippen LogP contribution in [0.3, 0.4) is 0 Å². The molecule has 15 heavy (non-hydrogen) atoms. The maximum Gasteiger partial charge on any atom is 0.124 e. The van der Waals surface area contributed by atoms with Gasteiger partial charge in [-0.1, -0.05) is 0 Å². The lowest BCUT2D eigenvalue weighted by Crippen LogP contribution is -2.06. The first-order valence-electron chi connectivity index (χ1n) is 5.27. The van der Waals surface area contributed by atoms with E-state index in [-0.39, 0.29) is 6.10 Å². The summed E-state index contributed by atoms with van der Waals surface area (Å²) in [6.45, 7) is 4.06. The van der Waals surface area contributed by atoms with Crippen LogP contribution in [0.2, 0.25) is 0 Å². The lowest BCUT2D eigenvalue weighted by molar-refractivity contribution is 0.239. The van der Waals surface area contributed by atoms with Crippen molar-refractivity contribution in [3.63, 3.8) is 0 Å². The summed E-state index contributed by atoms with van der Waals surface area (Å²) < 4.78 is 12.6. The fourth-order valence-electron chi connectivity index (χ4n) is 1.32. The molecule has 0 N–H and O–H groups in total. The summed E-state index contributed by atoms with van der Waals surface area (Å²) in [6.07, 6.45) is 3.02. The Labute approximate surface area is 104 Å². The minimum Gasteiger partial charge on any atom is -0.491 e. The summed E-state index contributed by atoms with van der Waals surface area (Å²) in [7, 11) is 0. The standard InChI is InChI=1S/C12H15IO2/c1-8(2)14-11-5-9(13)6-12(7-11)15-10-3-4-10/h5-8,10H,3-4H2,1-2H3. The highest BCUT2D eigenvalue weighted by Crippen LogP contribution is 2.30. The molecule has 0 heterocycles. The molecular weight excluding hydrogens is 303 g/mol. The molecule has 1 aliphatic carbocycles. The first-order valence-corrected chi connectivity index (χ1v) is 6.35.